The van der Waals surface area contributed by atoms with Crippen LogP contribution in [0, 0.1) is 5.82 Å². The van der Waals surface area contributed by atoms with Crippen molar-refractivity contribution in [2.75, 3.05) is 25.6 Å². The predicted molar refractivity (Wildman–Crippen MR) is 75.3 cm³/mol. The number of nitrogens with one attached hydrogen (secondary N) is 1. The van der Waals surface area contributed by atoms with Crippen LogP contribution < -0.4 is 15.8 Å². The minimum Gasteiger partial charge on any atom is -0.488 e. The van der Waals surface area contributed by atoms with E-state index in [0.29, 0.717) is 25.1 Å². The lowest BCUT2D eigenvalue weighted by Gasteiger charge is -2.10. The maximum atomic E-state index is 13.7. The molecule has 0 aromatic heterocycles. The second kappa shape index (κ2) is 8.50. The molecule has 0 bridgehead atoms. The van der Waals surface area contributed by atoms with Crippen molar-refractivity contribution in [2.24, 2.45) is 5.73 Å². The Labute approximate surface area is 118 Å². The molecule has 6 heteroatoms. The minimum atomic E-state index is -0.522. The summed E-state index contributed by atoms with van der Waals surface area (Å²) in [4.78, 5) is 11.6. The third-order valence-electron chi connectivity index (χ3n) is 2.59. The van der Waals surface area contributed by atoms with E-state index < -0.39 is 5.82 Å². The fourth-order valence-electron chi connectivity index (χ4n) is 1.51. The summed E-state index contributed by atoms with van der Waals surface area (Å²) in [6.45, 7) is 2.49. The first-order valence-electron chi connectivity index (χ1n) is 6.49. The molecular weight excluding hydrogens is 263 g/mol. The molecule has 1 unspecified atom stereocenters. The normalized spacial score (nSPS) is 12.0. The molecule has 1 atom stereocenters. The van der Waals surface area contributed by atoms with Crippen LogP contribution in [0.15, 0.2) is 18.2 Å². The van der Waals surface area contributed by atoms with E-state index in [1.165, 1.54) is 12.1 Å². The van der Waals surface area contributed by atoms with Crippen LogP contribution in [0.1, 0.15) is 19.8 Å². The van der Waals surface area contributed by atoms with E-state index in [-0.39, 0.29) is 24.3 Å². The highest BCUT2D eigenvalue weighted by Gasteiger charge is 2.08. The Morgan fingerprint density at radius 3 is 2.80 bits per heavy atom. The molecule has 0 aliphatic carbocycles. The first-order chi connectivity index (χ1) is 9.52. The standard InChI is InChI=1S/C14H21FN2O3/c1-10(16)3-6-14(18)17-11-4-5-13(12(15)9-11)20-8-7-19-2/h4-5,9-10H,3,6-8,16H2,1-2H3,(H,17,18). The molecule has 0 aliphatic rings. The summed E-state index contributed by atoms with van der Waals surface area (Å²) in [6, 6.07) is 4.27. The van der Waals surface area contributed by atoms with E-state index in [2.05, 4.69) is 5.32 Å². The van der Waals surface area contributed by atoms with Gasteiger partial charge in [-0.1, -0.05) is 0 Å². The van der Waals surface area contributed by atoms with Gasteiger partial charge in [0.1, 0.15) is 6.61 Å². The van der Waals surface area contributed by atoms with E-state index in [4.69, 9.17) is 15.2 Å². The third-order valence-corrected chi connectivity index (χ3v) is 2.59. The highest BCUT2D eigenvalue weighted by Crippen LogP contribution is 2.21. The van der Waals surface area contributed by atoms with Gasteiger partial charge in [0.25, 0.3) is 0 Å². The van der Waals surface area contributed by atoms with Gasteiger partial charge in [0.15, 0.2) is 11.6 Å². The molecule has 0 saturated heterocycles. The molecule has 3 N–H and O–H groups in total. The number of hydrogen-bond donors (Lipinski definition) is 2. The van der Waals surface area contributed by atoms with Crippen LogP contribution in [0.3, 0.4) is 0 Å². The molecule has 0 radical (unpaired) electrons. The molecule has 0 spiro atoms. The van der Waals surface area contributed by atoms with E-state index >= 15 is 0 Å². The van der Waals surface area contributed by atoms with Gasteiger partial charge in [0.2, 0.25) is 5.91 Å². The summed E-state index contributed by atoms with van der Waals surface area (Å²) >= 11 is 0. The first kappa shape index (κ1) is 16.4. The lowest BCUT2D eigenvalue weighted by Crippen LogP contribution is -2.19. The number of rotatable bonds is 8. The zero-order valence-electron chi connectivity index (χ0n) is 11.8. The maximum absolute atomic E-state index is 13.7. The summed E-state index contributed by atoms with van der Waals surface area (Å²) in [7, 11) is 1.54. The zero-order chi connectivity index (χ0) is 15.0. The van der Waals surface area contributed by atoms with Crippen LogP contribution in [0.2, 0.25) is 0 Å². The number of hydrogen-bond acceptors (Lipinski definition) is 4. The Hall–Kier alpha value is -1.66. The number of anilines is 1. The highest BCUT2D eigenvalue weighted by atomic mass is 19.1. The average Bonchev–Trinajstić information content (AvgIpc) is 2.39. The van der Waals surface area contributed by atoms with Crippen LogP contribution in [0.25, 0.3) is 0 Å². The summed E-state index contributed by atoms with van der Waals surface area (Å²) in [5.41, 5.74) is 5.97. The van der Waals surface area contributed by atoms with Gasteiger partial charge >= 0.3 is 0 Å². The number of amides is 1. The fraction of sp³-hybridized carbons (Fsp3) is 0.500. The Balaban J connectivity index is 2.52. The molecule has 0 aliphatic heterocycles. The number of methoxy groups -OCH3 is 1. The van der Waals surface area contributed by atoms with Gasteiger partial charge in [-0.25, -0.2) is 4.39 Å². The molecule has 0 saturated carbocycles. The maximum Gasteiger partial charge on any atom is 0.224 e. The summed E-state index contributed by atoms with van der Waals surface area (Å²) in [5.74, 6) is -0.573. The van der Waals surface area contributed by atoms with Crippen LogP contribution in [-0.2, 0) is 9.53 Å². The van der Waals surface area contributed by atoms with Gasteiger partial charge in [0.05, 0.1) is 6.61 Å². The smallest absolute Gasteiger partial charge is 0.224 e. The molecule has 1 aromatic rings. The molecule has 1 amide bonds. The average molecular weight is 284 g/mol. The molecule has 1 rings (SSSR count). The Morgan fingerprint density at radius 2 is 2.20 bits per heavy atom. The number of carbonyl (C=O) groups excluding carboxylic acids is 1. The SMILES string of the molecule is COCCOc1ccc(NC(=O)CCC(C)N)cc1F. The second-order valence-electron chi connectivity index (χ2n) is 4.55. The number of halogens is 1. The van der Waals surface area contributed by atoms with E-state index in [9.17, 15) is 9.18 Å². The van der Waals surface area contributed by atoms with Crippen LogP contribution in [-0.4, -0.2) is 32.3 Å². The Bertz CT molecular complexity index is 438. The van der Waals surface area contributed by atoms with E-state index in [0.717, 1.165) is 0 Å². The van der Waals surface area contributed by atoms with Gasteiger partial charge in [-0.05, 0) is 25.5 Å². The quantitative estimate of drug-likeness (QED) is 0.715. The highest BCUT2D eigenvalue weighted by molar-refractivity contribution is 5.90. The largest absolute Gasteiger partial charge is 0.488 e. The number of nitrogens with two attached hydrogens (primary N) is 1. The lowest BCUT2D eigenvalue weighted by molar-refractivity contribution is -0.116. The van der Waals surface area contributed by atoms with E-state index in [1.807, 2.05) is 6.92 Å². The van der Waals surface area contributed by atoms with Crippen molar-refractivity contribution in [3.63, 3.8) is 0 Å². The molecule has 112 valence electrons. The third kappa shape index (κ3) is 5.99. The van der Waals surface area contributed by atoms with Crippen molar-refractivity contribution in [1.29, 1.82) is 0 Å². The van der Waals surface area contributed by atoms with Crippen molar-refractivity contribution < 1.29 is 18.7 Å². The van der Waals surface area contributed by atoms with Crippen LogP contribution >= 0.6 is 0 Å². The summed E-state index contributed by atoms with van der Waals surface area (Å²) in [5, 5.41) is 2.62. The van der Waals surface area contributed by atoms with Crippen LogP contribution in [0.4, 0.5) is 10.1 Å². The fourth-order valence-corrected chi connectivity index (χ4v) is 1.51. The minimum absolute atomic E-state index is 0.0333. The number of carbonyl (C=O) groups is 1. The van der Waals surface area contributed by atoms with Crippen molar-refractivity contribution in [3.05, 3.63) is 24.0 Å². The Morgan fingerprint density at radius 1 is 1.45 bits per heavy atom. The van der Waals surface area contributed by atoms with Crippen molar-refractivity contribution in [2.45, 2.75) is 25.8 Å². The number of benzene rings is 1. The second-order valence-corrected chi connectivity index (χ2v) is 4.55. The Kier molecular flexibility index (Phi) is 6.97. The molecule has 1 aromatic carbocycles. The van der Waals surface area contributed by atoms with Gasteiger partial charge in [-0.2, -0.15) is 0 Å². The topological polar surface area (TPSA) is 73.6 Å². The first-order valence-corrected chi connectivity index (χ1v) is 6.49. The molecule has 20 heavy (non-hydrogen) atoms. The number of ether oxygens (including phenoxy) is 2. The van der Waals surface area contributed by atoms with Crippen molar-refractivity contribution in [1.82, 2.24) is 0 Å². The zero-order valence-corrected chi connectivity index (χ0v) is 11.8. The predicted octanol–water partition coefficient (Wildman–Crippen LogP) is 1.92. The monoisotopic (exact) mass is 284 g/mol. The summed E-state index contributed by atoms with van der Waals surface area (Å²) < 4.78 is 23.7. The van der Waals surface area contributed by atoms with E-state index in [1.54, 1.807) is 13.2 Å². The molecule has 0 heterocycles. The van der Waals surface area contributed by atoms with Gasteiger partial charge in [0, 0.05) is 31.3 Å². The molecule has 5 nitrogen and oxygen atoms in total. The van der Waals surface area contributed by atoms with Gasteiger partial charge < -0.3 is 20.5 Å². The van der Waals surface area contributed by atoms with Gasteiger partial charge in [-0.3, -0.25) is 4.79 Å². The van der Waals surface area contributed by atoms with Crippen molar-refractivity contribution in [3.8, 4) is 5.75 Å². The molecular formula is C14H21FN2O3. The van der Waals surface area contributed by atoms with Crippen LogP contribution in [0.5, 0.6) is 5.75 Å². The van der Waals surface area contributed by atoms with Gasteiger partial charge in [-0.15, -0.1) is 0 Å². The molecule has 0 fully saturated rings. The lowest BCUT2D eigenvalue weighted by atomic mass is 10.2. The summed E-state index contributed by atoms with van der Waals surface area (Å²) in [6.07, 6.45) is 0.901. The van der Waals surface area contributed by atoms with Crippen molar-refractivity contribution >= 4 is 11.6 Å².